The van der Waals surface area contributed by atoms with Crippen molar-refractivity contribution < 1.29 is 4.39 Å². The monoisotopic (exact) mass is 580 g/mol. The Labute approximate surface area is 248 Å². The molecule has 12 nitrogen and oxygen atoms in total. The Morgan fingerprint density at radius 1 is 0.884 bits per heavy atom. The average Bonchev–Trinajstić information content (AvgIpc) is 3.62. The van der Waals surface area contributed by atoms with Crippen molar-refractivity contribution in [3.63, 3.8) is 0 Å². The third kappa shape index (κ3) is 5.23. The molecule has 0 unspecified atom stereocenters. The van der Waals surface area contributed by atoms with Gasteiger partial charge in [0.1, 0.15) is 11.5 Å². The fourth-order valence-corrected chi connectivity index (χ4v) is 5.37. The van der Waals surface area contributed by atoms with Crippen LogP contribution >= 0.6 is 0 Å². The summed E-state index contributed by atoms with van der Waals surface area (Å²) in [4.78, 5) is 27.0. The molecule has 1 saturated heterocycles. The van der Waals surface area contributed by atoms with Crippen molar-refractivity contribution in [3.8, 4) is 22.9 Å². The van der Waals surface area contributed by atoms with Crippen molar-refractivity contribution in [3.05, 3.63) is 72.1 Å². The smallest absolute Gasteiger partial charge is 0.225 e. The fraction of sp³-hybridized carbons (Fsp3) is 0.300. The van der Waals surface area contributed by atoms with E-state index in [4.69, 9.17) is 10.7 Å². The standard InChI is InChI=1S/C29H29FN12.CH4/c1-18-4-3-8-32-24(18)26-36-28-21-17-34-41(27(21)37-29(31)42(28)38-26)15-12-39-10-13-40(14-11-39)23-16-20(5-6-22(23)30)25-33-9-7-19(2)35-25;/h3-9,16-17H,10-15H2,1-2H3,(H2,31,37);1H4. The highest BCUT2D eigenvalue weighted by Gasteiger charge is 2.22. The number of nitrogen functional groups attached to an aromatic ring is 1. The molecule has 1 aromatic carbocycles. The first kappa shape index (κ1) is 28.1. The lowest BCUT2D eigenvalue weighted by atomic mass is 10.1. The van der Waals surface area contributed by atoms with Crippen molar-refractivity contribution in [2.45, 2.75) is 27.8 Å². The van der Waals surface area contributed by atoms with Gasteiger partial charge >= 0.3 is 0 Å². The second kappa shape index (κ2) is 11.3. The molecule has 0 saturated carbocycles. The van der Waals surface area contributed by atoms with Gasteiger partial charge in [-0.15, -0.1) is 5.10 Å². The van der Waals surface area contributed by atoms with Crippen LogP contribution in [0.25, 0.3) is 39.6 Å². The number of fused-ring (bicyclic) bond motifs is 3. The van der Waals surface area contributed by atoms with Crippen molar-refractivity contribution in [2.75, 3.05) is 43.4 Å². The molecule has 0 radical (unpaired) electrons. The molecule has 1 fully saturated rings. The number of aryl methyl sites for hydroxylation is 2. The molecular weight excluding hydrogens is 547 g/mol. The van der Waals surface area contributed by atoms with Gasteiger partial charge in [-0.2, -0.15) is 14.6 Å². The summed E-state index contributed by atoms with van der Waals surface area (Å²) in [5.41, 5.74) is 11.5. The van der Waals surface area contributed by atoms with Gasteiger partial charge in [-0.25, -0.2) is 24.0 Å². The van der Waals surface area contributed by atoms with Crippen LogP contribution in [0.4, 0.5) is 16.0 Å². The Morgan fingerprint density at radius 2 is 1.72 bits per heavy atom. The Balaban J connectivity index is 0.00000329. The second-order valence-electron chi connectivity index (χ2n) is 10.4. The van der Waals surface area contributed by atoms with Crippen LogP contribution < -0.4 is 10.6 Å². The van der Waals surface area contributed by atoms with E-state index in [1.807, 2.05) is 42.8 Å². The van der Waals surface area contributed by atoms with Gasteiger partial charge in [0, 0.05) is 56.4 Å². The van der Waals surface area contributed by atoms with Crippen LogP contribution in [0.1, 0.15) is 18.7 Å². The van der Waals surface area contributed by atoms with Gasteiger partial charge in [0.25, 0.3) is 0 Å². The third-order valence-corrected chi connectivity index (χ3v) is 7.66. The van der Waals surface area contributed by atoms with E-state index in [2.05, 4.69) is 39.9 Å². The van der Waals surface area contributed by atoms with Crippen LogP contribution in [0.3, 0.4) is 0 Å². The summed E-state index contributed by atoms with van der Waals surface area (Å²) in [5, 5.41) is 9.92. The lowest BCUT2D eigenvalue weighted by Gasteiger charge is -2.36. The number of benzene rings is 1. The Bertz CT molecular complexity index is 1920. The number of nitrogens with zero attached hydrogens (tertiary/aromatic N) is 11. The number of anilines is 2. The minimum absolute atomic E-state index is 0. The van der Waals surface area contributed by atoms with E-state index in [9.17, 15) is 4.39 Å². The van der Waals surface area contributed by atoms with E-state index in [1.165, 1.54) is 10.6 Å². The molecule has 0 bridgehead atoms. The van der Waals surface area contributed by atoms with Crippen molar-refractivity contribution >= 4 is 28.3 Å². The quantitative estimate of drug-likeness (QED) is 0.310. The first-order valence-electron chi connectivity index (χ1n) is 13.8. The normalized spacial score (nSPS) is 14.0. The van der Waals surface area contributed by atoms with Crippen LogP contribution in [0.2, 0.25) is 0 Å². The predicted molar refractivity (Wildman–Crippen MR) is 164 cm³/mol. The minimum atomic E-state index is -0.243. The molecule has 6 heterocycles. The van der Waals surface area contributed by atoms with Gasteiger partial charge in [0.2, 0.25) is 11.8 Å². The van der Waals surface area contributed by atoms with Crippen molar-refractivity contribution in [1.29, 1.82) is 0 Å². The molecule has 7 rings (SSSR count). The number of piperazine rings is 1. The van der Waals surface area contributed by atoms with E-state index in [0.717, 1.165) is 41.8 Å². The summed E-state index contributed by atoms with van der Waals surface area (Å²) in [5.74, 6) is 1.09. The lowest BCUT2D eigenvalue weighted by molar-refractivity contribution is 0.245. The summed E-state index contributed by atoms with van der Waals surface area (Å²) < 4.78 is 18.2. The summed E-state index contributed by atoms with van der Waals surface area (Å²) >= 11 is 0. The van der Waals surface area contributed by atoms with Crippen LogP contribution in [0.15, 0.2) is 55.0 Å². The van der Waals surface area contributed by atoms with Crippen LogP contribution in [-0.4, -0.2) is 81.9 Å². The van der Waals surface area contributed by atoms with E-state index >= 15 is 0 Å². The van der Waals surface area contributed by atoms with Crippen molar-refractivity contribution in [2.24, 2.45) is 0 Å². The maximum Gasteiger partial charge on any atom is 0.225 e. The number of hydrogen-bond donors (Lipinski definition) is 1. The molecule has 0 amide bonds. The summed E-state index contributed by atoms with van der Waals surface area (Å²) in [7, 11) is 0. The highest BCUT2D eigenvalue weighted by Crippen LogP contribution is 2.27. The SMILES string of the molecule is C.Cc1ccnc(-c2ccc(F)c(N3CCN(CCn4ncc5c4nc(N)n4nc(-c6ncccc6C)nc54)CC3)c2)n1. The molecule has 1 aliphatic heterocycles. The number of nitrogens with two attached hydrogens (primary N) is 1. The molecule has 2 N–H and O–H groups in total. The van der Waals surface area contributed by atoms with E-state index in [1.54, 1.807) is 24.7 Å². The lowest BCUT2D eigenvalue weighted by Crippen LogP contribution is -2.47. The van der Waals surface area contributed by atoms with Crippen LogP contribution in [0.5, 0.6) is 0 Å². The van der Waals surface area contributed by atoms with Gasteiger partial charge in [-0.05, 0) is 49.7 Å². The van der Waals surface area contributed by atoms with Gasteiger partial charge < -0.3 is 10.6 Å². The highest BCUT2D eigenvalue weighted by molar-refractivity contribution is 5.90. The largest absolute Gasteiger partial charge is 0.368 e. The zero-order valence-corrected chi connectivity index (χ0v) is 23.3. The molecule has 0 aliphatic carbocycles. The first-order chi connectivity index (χ1) is 20.4. The zero-order chi connectivity index (χ0) is 28.8. The average molecular weight is 581 g/mol. The summed E-state index contributed by atoms with van der Waals surface area (Å²) in [6.45, 7) is 8.27. The summed E-state index contributed by atoms with van der Waals surface area (Å²) in [6.07, 6.45) is 5.20. The number of hydrogen-bond acceptors (Lipinski definition) is 10. The fourth-order valence-electron chi connectivity index (χ4n) is 5.37. The molecule has 5 aromatic heterocycles. The second-order valence-corrected chi connectivity index (χ2v) is 10.4. The van der Waals surface area contributed by atoms with Gasteiger partial charge in [0.05, 0.1) is 23.8 Å². The number of aromatic nitrogens is 9. The summed E-state index contributed by atoms with van der Waals surface area (Å²) in [6, 6.07) is 10.8. The molecule has 6 aromatic rings. The zero-order valence-electron chi connectivity index (χ0n) is 23.3. The topological polar surface area (TPSA) is 132 Å². The van der Waals surface area contributed by atoms with Gasteiger partial charge in [-0.1, -0.05) is 13.5 Å². The van der Waals surface area contributed by atoms with E-state index < -0.39 is 0 Å². The molecule has 43 heavy (non-hydrogen) atoms. The first-order valence-corrected chi connectivity index (χ1v) is 13.8. The predicted octanol–water partition coefficient (Wildman–Crippen LogP) is 3.79. The molecule has 13 heteroatoms. The van der Waals surface area contributed by atoms with Gasteiger partial charge in [0.15, 0.2) is 17.1 Å². The maximum absolute atomic E-state index is 14.9. The minimum Gasteiger partial charge on any atom is -0.368 e. The highest BCUT2D eigenvalue weighted by atomic mass is 19.1. The number of rotatable bonds is 6. The molecular formula is C30H33FN12. The Kier molecular flexibility index (Phi) is 7.40. The molecule has 0 spiro atoms. The Morgan fingerprint density at radius 3 is 2.51 bits per heavy atom. The maximum atomic E-state index is 14.9. The molecule has 220 valence electrons. The van der Waals surface area contributed by atoms with Crippen LogP contribution in [0, 0.1) is 19.7 Å². The Hall–Kier alpha value is -5.04. The third-order valence-electron chi connectivity index (χ3n) is 7.66. The molecule has 0 atom stereocenters. The number of halogens is 1. The van der Waals surface area contributed by atoms with E-state index in [-0.39, 0.29) is 19.2 Å². The van der Waals surface area contributed by atoms with E-state index in [0.29, 0.717) is 54.0 Å². The van der Waals surface area contributed by atoms with Gasteiger partial charge in [-0.3, -0.25) is 9.88 Å². The number of pyridine rings is 1. The van der Waals surface area contributed by atoms with Crippen molar-refractivity contribution in [1.82, 2.24) is 49.2 Å². The molecule has 1 aliphatic rings. The van der Waals surface area contributed by atoms with Crippen LogP contribution in [-0.2, 0) is 6.54 Å².